The smallest absolute Gasteiger partial charge is 0.202 e. The second-order valence-electron chi connectivity index (χ2n) is 1.75. The fourth-order valence-corrected chi connectivity index (χ4v) is 0.444. The fraction of sp³-hybridized carbons (Fsp3) is 0.429. The third-order valence-electron chi connectivity index (χ3n) is 0.964. The minimum Gasteiger partial charge on any atom is -0.376 e. The minimum atomic E-state index is -0.109. The van der Waals surface area contributed by atoms with Gasteiger partial charge in [0, 0.05) is 13.3 Å². The van der Waals surface area contributed by atoms with Crippen LogP contribution in [0.15, 0.2) is 17.8 Å². The zero-order valence-corrected chi connectivity index (χ0v) is 6.26. The van der Waals surface area contributed by atoms with E-state index in [1.165, 1.54) is 13.3 Å². The van der Waals surface area contributed by atoms with E-state index >= 15 is 0 Å². The number of carbonyl (C=O) groups excluding carboxylic acids is 1. The number of aliphatic imine (C=N–C) groups is 1. The first kappa shape index (κ1) is 9.04. The van der Waals surface area contributed by atoms with Crippen LogP contribution in [0, 0.1) is 0 Å². The van der Waals surface area contributed by atoms with E-state index < -0.39 is 0 Å². The lowest BCUT2D eigenvalue weighted by molar-refractivity contribution is -0.116. The van der Waals surface area contributed by atoms with E-state index in [0.29, 0.717) is 5.71 Å². The van der Waals surface area contributed by atoms with Crippen molar-refractivity contribution in [2.24, 2.45) is 4.99 Å². The van der Waals surface area contributed by atoms with Gasteiger partial charge in [-0.15, -0.1) is 0 Å². The van der Waals surface area contributed by atoms with Crippen molar-refractivity contribution in [1.29, 1.82) is 0 Å². The molecular formula is C7H11NO2. The average Bonchev–Trinajstić information content (AvgIpc) is 1.89. The van der Waals surface area contributed by atoms with E-state index in [1.54, 1.807) is 6.92 Å². The maximum absolute atomic E-state index is 10.8. The first-order valence-corrected chi connectivity index (χ1v) is 2.89. The summed E-state index contributed by atoms with van der Waals surface area (Å²) in [7, 11) is 1.47. The molecule has 0 aromatic heterocycles. The van der Waals surface area contributed by atoms with Gasteiger partial charge in [0.15, 0.2) is 0 Å². The molecule has 0 spiro atoms. The average molecular weight is 141 g/mol. The Morgan fingerprint density at radius 3 is 2.80 bits per heavy atom. The highest BCUT2D eigenvalue weighted by molar-refractivity contribution is 6.39. The SMILES string of the molecule is C=CN=C(C)C(=O)COC. The summed E-state index contributed by atoms with van der Waals surface area (Å²) in [5, 5.41) is 0. The van der Waals surface area contributed by atoms with Crippen LogP contribution in [0.2, 0.25) is 0 Å². The van der Waals surface area contributed by atoms with Gasteiger partial charge >= 0.3 is 0 Å². The quantitative estimate of drug-likeness (QED) is 0.543. The molecule has 0 saturated heterocycles. The number of hydrogen-bond donors (Lipinski definition) is 0. The monoisotopic (exact) mass is 141 g/mol. The van der Waals surface area contributed by atoms with Crippen LogP contribution >= 0.6 is 0 Å². The van der Waals surface area contributed by atoms with Crippen LogP contribution in [0.25, 0.3) is 0 Å². The molecule has 56 valence electrons. The highest BCUT2D eigenvalue weighted by Crippen LogP contribution is 1.82. The first-order valence-electron chi connectivity index (χ1n) is 2.89. The summed E-state index contributed by atoms with van der Waals surface area (Å²) in [6.07, 6.45) is 1.34. The van der Waals surface area contributed by atoms with E-state index in [4.69, 9.17) is 0 Å². The third-order valence-corrected chi connectivity index (χ3v) is 0.964. The van der Waals surface area contributed by atoms with Gasteiger partial charge in [-0.3, -0.25) is 9.79 Å². The number of carbonyl (C=O) groups is 1. The van der Waals surface area contributed by atoms with Crippen molar-refractivity contribution >= 4 is 11.5 Å². The third kappa shape index (κ3) is 3.14. The van der Waals surface area contributed by atoms with Gasteiger partial charge in [0.05, 0.1) is 5.71 Å². The predicted molar refractivity (Wildman–Crippen MR) is 40.2 cm³/mol. The van der Waals surface area contributed by atoms with E-state index in [2.05, 4.69) is 16.3 Å². The van der Waals surface area contributed by atoms with E-state index in [1.807, 2.05) is 0 Å². The van der Waals surface area contributed by atoms with Crippen molar-refractivity contribution in [2.75, 3.05) is 13.7 Å². The summed E-state index contributed by atoms with van der Waals surface area (Å²) in [6.45, 7) is 5.08. The Kier molecular flexibility index (Phi) is 4.41. The second kappa shape index (κ2) is 4.88. The van der Waals surface area contributed by atoms with E-state index in [9.17, 15) is 4.79 Å². The molecule has 0 heterocycles. The van der Waals surface area contributed by atoms with Crippen LogP contribution in [0.1, 0.15) is 6.92 Å². The van der Waals surface area contributed by atoms with Crippen LogP contribution in [-0.2, 0) is 9.53 Å². The topological polar surface area (TPSA) is 38.7 Å². The summed E-state index contributed by atoms with van der Waals surface area (Å²) in [5.74, 6) is -0.109. The van der Waals surface area contributed by atoms with Crippen LogP contribution < -0.4 is 0 Å². The number of methoxy groups -OCH3 is 1. The molecule has 0 aliphatic carbocycles. The Balaban J connectivity index is 3.93. The van der Waals surface area contributed by atoms with Gasteiger partial charge in [0.2, 0.25) is 5.78 Å². The molecule has 3 nitrogen and oxygen atoms in total. The van der Waals surface area contributed by atoms with Gasteiger partial charge in [0.25, 0.3) is 0 Å². The van der Waals surface area contributed by atoms with Gasteiger partial charge in [-0.05, 0) is 6.92 Å². The van der Waals surface area contributed by atoms with Crippen molar-refractivity contribution in [3.05, 3.63) is 12.8 Å². The summed E-state index contributed by atoms with van der Waals surface area (Å²) in [4.78, 5) is 14.5. The Labute approximate surface area is 60.4 Å². The summed E-state index contributed by atoms with van der Waals surface area (Å²) in [5.41, 5.74) is 0.428. The standard InChI is InChI=1S/C7H11NO2/c1-4-8-6(2)7(9)5-10-3/h4H,1,5H2,2-3H3. The molecule has 0 aromatic carbocycles. The highest BCUT2D eigenvalue weighted by atomic mass is 16.5. The van der Waals surface area contributed by atoms with Gasteiger partial charge < -0.3 is 4.74 Å². The molecule has 3 heteroatoms. The number of nitrogens with zero attached hydrogens (tertiary/aromatic N) is 1. The molecule has 0 radical (unpaired) electrons. The van der Waals surface area contributed by atoms with Gasteiger partial charge in [-0.1, -0.05) is 6.58 Å². The minimum absolute atomic E-state index is 0.0865. The van der Waals surface area contributed by atoms with Gasteiger partial charge in [0.1, 0.15) is 6.61 Å². The number of Topliss-reactive ketones (excluding diaryl/α,β-unsaturated/α-hetero) is 1. The lowest BCUT2D eigenvalue weighted by Crippen LogP contribution is -2.15. The molecule has 0 atom stereocenters. The second-order valence-corrected chi connectivity index (χ2v) is 1.75. The molecule has 0 rings (SSSR count). The van der Waals surface area contributed by atoms with Crippen molar-refractivity contribution in [1.82, 2.24) is 0 Å². The molecule has 0 saturated carbocycles. The maximum Gasteiger partial charge on any atom is 0.202 e. The Morgan fingerprint density at radius 2 is 2.40 bits per heavy atom. The van der Waals surface area contributed by atoms with E-state index in [-0.39, 0.29) is 12.4 Å². The van der Waals surface area contributed by atoms with Crippen LogP contribution in [0.4, 0.5) is 0 Å². The molecule has 0 amide bonds. The predicted octanol–water partition coefficient (Wildman–Crippen LogP) is 0.806. The fourth-order valence-electron chi connectivity index (χ4n) is 0.444. The van der Waals surface area contributed by atoms with Crippen LogP contribution in [0.5, 0.6) is 0 Å². The molecule has 0 aliphatic heterocycles. The van der Waals surface area contributed by atoms with Gasteiger partial charge in [-0.25, -0.2) is 0 Å². The van der Waals surface area contributed by atoms with Crippen LogP contribution in [-0.4, -0.2) is 25.2 Å². The number of ether oxygens (including phenoxy) is 1. The zero-order chi connectivity index (χ0) is 7.98. The summed E-state index contributed by atoms with van der Waals surface area (Å²) in [6, 6.07) is 0. The van der Waals surface area contributed by atoms with Crippen molar-refractivity contribution in [3.8, 4) is 0 Å². The summed E-state index contributed by atoms with van der Waals surface area (Å²) >= 11 is 0. The lowest BCUT2D eigenvalue weighted by Gasteiger charge is -1.94. The molecule has 0 bridgehead atoms. The van der Waals surface area contributed by atoms with Crippen LogP contribution in [0.3, 0.4) is 0 Å². The molecule has 0 aromatic rings. The van der Waals surface area contributed by atoms with Crippen molar-refractivity contribution < 1.29 is 9.53 Å². The number of rotatable bonds is 4. The Morgan fingerprint density at radius 1 is 1.80 bits per heavy atom. The molecule has 10 heavy (non-hydrogen) atoms. The van der Waals surface area contributed by atoms with Crippen molar-refractivity contribution in [2.45, 2.75) is 6.92 Å². The lowest BCUT2D eigenvalue weighted by atomic mass is 10.3. The van der Waals surface area contributed by atoms with Gasteiger partial charge in [-0.2, -0.15) is 0 Å². The highest BCUT2D eigenvalue weighted by Gasteiger charge is 2.02. The van der Waals surface area contributed by atoms with E-state index in [0.717, 1.165) is 0 Å². The molecular weight excluding hydrogens is 130 g/mol. The summed E-state index contributed by atoms with van der Waals surface area (Å²) < 4.78 is 4.61. The van der Waals surface area contributed by atoms with Crippen molar-refractivity contribution in [3.63, 3.8) is 0 Å². The largest absolute Gasteiger partial charge is 0.376 e. The molecule has 0 unspecified atom stereocenters. The Bertz CT molecular complexity index is 161. The first-order chi connectivity index (χ1) is 4.72. The molecule has 0 N–H and O–H groups in total. The Hall–Kier alpha value is -0.960. The number of hydrogen-bond acceptors (Lipinski definition) is 3. The zero-order valence-electron chi connectivity index (χ0n) is 6.26. The maximum atomic E-state index is 10.8. The molecule has 0 aliphatic rings. The normalized spacial score (nSPS) is 11.2. The molecule has 0 fully saturated rings. The number of ketones is 1.